The number of rotatable bonds is 3. The van der Waals surface area contributed by atoms with Crippen molar-refractivity contribution in [3.8, 4) is 0 Å². The number of tetrazole rings is 1. The van der Waals surface area contributed by atoms with E-state index >= 15 is 0 Å². The molecule has 5 rings (SSSR count). The normalized spacial score (nSPS) is 15.1. The highest BCUT2D eigenvalue weighted by Gasteiger charge is 2.35. The predicted octanol–water partition coefficient (Wildman–Crippen LogP) is 4.12. The fraction of sp³-hybridized carbons (Fsp3) is 0.360. The number of pyridine rings is 1. The van der Waals surface area contributed by atoms with E-state index in [1.807, 2.05) is 35.9 Å². The number of H-pyrrole nitrogens is 1. The molecule has 2 aromatic carbocycles. The quantitative estimate of drug-likeness (QED) is 0.531. The summed E-state index contributed by atoms with van der Waals surface area (Å²) in [6.07, 6.45) is 2.03. The molecule has 0 bridgehead atoms. The van der Waals surface area contributed by atoms with E-state index in [-0.39, 0.29) is 11.1 Å². The van der Waals surface area contributed by atoms with Crippen LogP contribution < -0.4 is 10.5 Å². The van der Waals surface area contributed by atoms with Gasteiger partial charge < -0.3 is 9.88 Å². The molecule has 2 aromatic heterocycles. The summed E-state index contributed by atoms with van der Waals surface area (Å²) in [5.74, 6) is 0.673. The van der Waals surface area contributed by atoms with Crippen molar-refractivity contribution in [3.63, 3.8) is 0 Å². The van der Waals surface area contributed by atoms with Crippen molar-refractivity contribution in [1.82, 2.24) is 25.2 Å². The third kappa shape index (κ3) is 3.38. The van der Waals surface area contributed by atoms with E-state index in [2.05, 4.69) is 70.4 Å². The van der Waals surface area contributed by atoms with Crippen molar-refractivity contribution in [2.24, 2.45) is 0 Å². The van der Waals surface area contributed by atoms with Crippen LogP contribution in [0.25, 0.3) is 10.9 Å². The van der Waals surface area contributed by atoms with Crippen LogP contribution in [-0.2, 0) is 12.0 Å². The van der Waals surface area contributed by atoms with E-state index in [0.717, 1.165) is 41.5 Å². The number of aromatic amines is 1. The third-order valence-electron chi connectivity index (χ3n) is 6.24. The summed E-state index contributed by atoms with van der Waals surface area (Å²) in [6.45, 7) is 9.05. The average molecular weight is 429 g/mol. The van der Waals surface area contributed by atoms with Crippen LogP contribution in [0.3, 0.4) is 0 Å². The van der Waals surface area contributed by atoms with Gasteiger partial charge in [-0.25, -0.2) is 4.68 Å². The van der Waals surface area contributed by atoms with Crippen LogP contribution in [0.2, 0.25) is 0 Å². The fourth-order valence-electron chi connectivity index (χ4n) is 4.72. The van der Waals surface area contributed by atoms with Gasteiger partial charge >= 0.3 is 0 Å². The van der Waals surface area contributed by atoms with Crippen molar-refractivity contribution in [3.05, 3.63) is 81.4 Å². The molecule has 0 amide bonds. The zero-order valence-corrected chi connectivity index (χ0v) is 19.0. The maximum atomic E-state index is 13.5. The summed E-state index contributed by atoms with van der Waals surface area (Å²) in [5.41, 5.74) is 4.55. The number of fused-ring (bicyclic) bond motifs is 2. The molecule has 164 valence electrons. The van der Waals surface area contributed by atoms with Crippen molar-refractivity contribution in [1.29, 1.82) is 0 Å². The van der Waals surface area contributed by atoms with Crippen molar-refractivity contribution < 1.29 is 0 Å². The molecule has 3 heterocycles. The molecule has 32 heavy (non-hydrogen) atoms. The minimum Gasteiger partial charge on any atom is -0.357 e. The zero-order valence-electron chi connectivity index (χ0n) is 19.0. The summed E-state index contributed by atoms with van der Waals surface area (Å²) >= 11 is 0. The van der Waals surface area contributed by atoms with Gasteiger partial charge in [0.2, 0.25) is 0 Å². The second-order valence-electron chi connectivity index (χ2n) is 9.54. The first kappa shape index (κ1) is 20.4. The third-order valence-corrected chi connectivity index (χ3v) is 6.24. The van der Waals surface area contributed by atoms with E-state index in [0.29, 0.717) is 11.4 Å². The van der Waals surface area contributed by atoms with E-state index in [1.165, 1.54) is 5.56 Å². The van der Waals surface area contributed by atoms with Crippen LogP contribution in [-0.4, -0.2) is 31.7 Å². The number of benzene rings is 2. The van der Waals surface area contributed by atoms with Crippen LogP contribution in [0.4, 0.5) is 5.69 Å². The smallest absolute Gasteiger partial charge is 0.254 e. The van der Waals surface area contributed by atoms with Gasteiger partial charge in [0.25, 0.3) is 5.56 Å². The lowest BCUT2D eigenvalue weighted by atomic mass is 9.95. The molecule has 4 aromatic rings. The monoisotopic (exact) mass is 428 g/mol. The molecular weight excluding hydrogens is 400 g/mol. The topological polar surface area (TPSA) is 79.7 Å². The Hall–Kier alpha value is -3.48. The van der Waals surface area contributed by atoms with E-state index in [9.17, 15) is 4.79 Å². The number of nitrogens with zero attached hydrogens (tertiary/aromatic N) is 5. The van der Waals surface area contributed by atoms with Crippen LogP contribution in [0.1, 0.15) is 55.7 Å². The zero-order chi connectivity index (χ0) is 22.5. The molecule has 0 radical (unpaired) electrons. The Morgan fingerprint density at radius 1 is 1.09 bits per heavy atom. The molecule has 0 fully saturated rings. The lowest BCUT2D eigenvalue weighted by molar-refractivity contribution is 0.329. The van der Waals surface area contributed by atoms with Crippen LogP contribution in [0, 0.1) is 6.92 Å². The highest BCUT2D eigenvalue weighted by Crippen LogP contribution is 2.37. The second-order valence-corrected chi connectivity index (χ2v) is 9.54. The number of aryl methyl sites for hydroxylation is 2. The molecule has 0 unspecified atom stereocenters. The number of anilines is 1. The predicted molar refractivity (Wildman–Crippen MR) is 126 cm³/mol. The molecule has 0 aliphatic carbocycles. The highest BCUT2D eigenvalue weighted by molar-refractivity contribution is 5.82. The van der Waals surface area contributed by atoms with E-state index in [4.69, 9.17) is 0 Å². The van der Waals surface area contributed by atoms with Crippen LogP contribution in [0.5, 0.6) is 0 Å². The van der Waals surface area contributed by atoms with Crippen molar-refractivity contribution >= 4 is 16.6 Å². The van der Waals surface area contributed by atoms with Gasteiger partial charge in [-0.3, -0.25) is 4.79 Å². The molecule has 0 spiro atoms. The Morgan fingerprint density at radius 2 is 1.91 bits per heavy atom. The number of aromatic nitrogens is 5. The molecular formula is C25H28N6O. The number of hydrogen-bond acceptors (Lipinski definition) is 5. The van der Waals surface area contributed by atoms with Crippen LogP contribution in [0.15, 0.2) is 53.3 Å². The van der Waals surface area contributed by atoms with Gasteiger partial charge in [0, 0.05) is 17.8 Å². The van der Waals surface area contributed by atoms with Gasteiger partial charge in [-0.2, -0.15) is 0 Å². The minimum atomic E-state index is -0.403. The van der Waals surface area contributed by atoms with Gasteiger partial charge in [-0.1, -0.05) is 36.4 Å². The molecule has 7 nitrogen and oxygen atoms in total. The van der Waals surface area contributed by atoms with E-state index in [1.54, 1.807) is 0 Å². The molecule has 1 N–H and O–H groups in total. The van der Waals surface area contributed by atoms with E-state index < -0.39 is 6.04 Å². The van der Waals surface area contributed by atoms with Gasteiger partial charge in [0.1, 0.15) is 6.04 Å². The largest absolute Gasteiger partial charge is 0.357 e. The van der Waals surface area contributed by atoms with Crippen LogP contribution >= 0.6 is 0 Å². The lowest BCUT2D eigenvalue weighted by Crippen LogP contribution is -2.40. The van der Waals surface area contributed by atoms with Crippen molar-refractivity contribution in [2.75, 3.05) is 11.4 Å². The van der Waals surface area contributed by atoms with Crippen molar-refractivity contribution in [2.45, 2.75) is 52.1 Å². The summed E-state index contributed by atoms with van der Waals surface area (Å²) in [6, 6.07) is 16.1. The lowest BCUT2D eigenvalue weighted by Gasteiger charge is -2.38. The molecule has 1 atom stereocenters. The maximum absolute atomic E-state index is 13.5. The Morgan fingerprint density at radius 3 is 2.72 bits per heavy atom. The molecule has 1 aliphatic rings. The molecule has 0 saturated heterocycles. The second kappa shape index (κ2) is 7.58. The summed E-state index contributed by atoms with van der Waals surface area (Å²) in [4.78, 5) is 18.9. The van der Waals surface area contributed by atoms with Gasteiger partial charge in [-0.15, -0.1) is 5.10 Å². The first-order chi connectivity index (χ1) is 15.3. The minimum absolute atomic E-state index is 0.108. The van der Waals surface area contributed by atoms with Gasteiger partial charge in [0.15, 0.2) is 5.82 Å². The van der Waals surface area contributed by atoms with Gasteiger partial charge in [-0.05, 0) is 79.6 Å². The highest BCUT2D eigenvalue weighted by atomic mass is 16.1. The van der Waals surface area contributed by atoms with Gasteiger partial charge in [0.05, 0.1) is 11.1 Å². The molecule has 1 aliphatic heterocycles. The Labute approximate surface area is 187 Å². The maximum Gasteiger partial charge on any atom is 0.254 e. The molecule has 0 saturated carbocycles. The molecule has 7 heteroatoms. The fourth-order valence-corrected chi connectivity index (χ4v) is 4.72. The number of hydrogen-bond donors (Lipinski definition) is 1. The average Bonchev–Trinajstić information content (AvgIpc) is 3.25. The Balaban J connectivity index is 1.78. The summed E-state index contributed by atoms with van der Waals surface area (Å²) < 4.78 is 1.84. The SMILES string of the molecule is Cc1cccc2cc([C@H](c3nnnn3C(C)(C)C)N3CCCc4ccccc43)c(=O)[nH]c12. The first-order valence-corrected chi connectivity index (χ1v) is 11.1. The Kier molecular flexibility index (Phi) is 4.84. The Bertz CT molecular complexity index is 1350. The number of nitrogens with one attached hydrogen (secondary N) is 1. The number of para-hydroxylation sites is 2. The standard InChI is InChI=1S/C25H28N6O/c1-16-9-7-11-18-15-19(24(32)26-21(16)18)22(23-27-28-29-31(23)25(2,3)4)30-14-8-12-17-10-5-6-13-20(17)30/h5-7,9-11,13,15,22H,8,12,14H2,1-4H3,(H,26,32)/t22-/m1/s1. The summed E-state index contributed by atoms with van der Waals surface area (Å²) in [5, 5.41) is 13.8. The first-order valence-electron chi connectivity index (χ1n) is 11.1. The summed E-state index contributed by atoms with van der Waals surface area (Å²) in [7, 11) is 0.